The number of rotatable bonds is 5. The maximum atomic E-state index is 10.9. The van der Waals surface area contributed by atoms with Gasteiger partial charge in [0.2, 0.25) is 0 Å². The van der Waals surface area contributed by atoms with E-state index in [9.17, 15) is 4.79 Å². The van der Waals surface area contributed by atoms with Crippen LogP contribution in [0.4, 0.5) is 0 Å². The number of carboxylic acids is 1. The quantitative estimate of drug-likeness (QED) is 0.919. The van der Waals surface area contributed by atoms with E-state index in [-0.39, 0.29) is 12.5 Å². The summed E-state index contributed by atoms with van der Waals surface area (Å²) in [4.78, 5) is 15.3. The third-order valence-electron chi connectivity index (χ3n) is 3.28. The fraction of sp³-hybridized carbons (Fsp3) is 0.375. The minimum Gasteiger partial charge on any atom is -0.491 e. The monoisotopic (exact) mass is 288 g/mol. The summed E-state index contributed by atoms with van der Waals surface area (Å²) >= 11 is 0. The van der Waals surface area contributed by atoms with E-state index in [1.54, 1.807) is 0 Å². The summed E-state index contributed by atoms with van der Waals surface area (Å²) in [6, 6.07) is 7.67. The van der Waals surface area contributed by atoms with Gasteiger partial charge in [-0.2, -0.15) is 0 Å². The lowest BCUT2D eigenvalue weighted by molar-refractivity contribution is -0.136. The van der Waals surface area contributed by atoms with Gasteiger partial charge in [-0.15, -0.1) is 0 Å². The summed E-state index contributed by atoms with van der Waals surface area (Å²) in [6.45, 7) is 5.84. The second-order valence-corrected chi connectivity index (χ2v) is 5.29. The molecule has 1 aromatic heterocycles. The Bertz CT molecular complexity index is 642. The molecule has 0 saturated carbocycles. The van der Waals surface area contributed by atoms with Gasteiger partial charge in [0.05, 0.1) is 18.2 Å². The Labute approximate surface area is 124 Å². The largest absolute Gasteiger partial charge is 0.491 e. The van der Waals surface area contributed by atoms with Gasteiger partial charge in [-0.25, -0.2) is 4.98 Å². The first-order valence-corrected chi connectivity index (χ1v) is 6.89. The second-order valence-electron chi connectivity index (χ2n) is 5.29. The lowest BCUT2D eigenvalue weighted by Crippen LogP contribution is -2.05. The Balaban J connectivity index is 2.31. The van der Waals surface area contributed by atoms with Crippen LogP contribution in [0.3, 0.4) is 0 Å². The van der Waals surface area contributed by atoms with Crippen molar-refractivity contribution >= 4 is 5.97 Å². The first kappa shape index (κ1) is 15.1. The second kappa shape index (κ2) is 5.99. The average molecular weight is 288 g/mol. The molecule has 0 amide bonds. The Morgan fingerprint density at radius 1 is 1.33 bits per heavy atom. The van der Waals surface area contributed by atoms with Gasteiger partial charge in [-0.3, -0.25) is 4.79 Å². The molecule has 5 heteroatoms. The van der Waals surface area contributed by atoms with Gasteiger partial charge in [0.1, 0.15) is 11.6 Å². The number of carboxylic acid groups (broad SMARTS) is 1. The molecular weight excluding hydrogens is 268 g/mol. The van der Waals surface area contributed by atoms with Gasteiger partial charge < -0.3 is 14.4 Å². The van der Waals surface area contributed by atoms with E-state index in [2.05, 4.69) is 4.98 Å². The van der Waals surface area contributed by atoms with Crippen LogP contribution >= 0.6 is 0 Å². The first-order valence-electron chi connectivity index (χ1n) is 6.89. The molecule has 112 valence electrons. The number of ether oxygens (including phenoxy) is 1. The normalized spacial score (nSPS) is 10.9. The number of aliphatic carboxylic acids is 1. The first-order chi connectivity index (χ1) is 9.88. The summed E-state index contributed by atoms with van der Waals surface area (Å²) in [5, 5.41) is 8.92. The molecule has 2 aromatic rings. The molecule has 0 fully saturated rings. The summed E-state index contributed by atoms with van der Waals surface area (Å²) in [6.07, 6.45) is 0.0715. The highest BCUT2D eigenvalue weighted by molar-refractivity contribution is 5.70. The van der Waals surface area contributed by atoms with Crippen LogP contribution in [0, 0.1) is 6.92 Å². The van der Waals surface area contributed by atoms with Gasteiger partial charge in [-0.1, -0.05) is 0 Å². The van der Waals surface area contributed by atoms with Crippen LogP contribution in [0.2, 0.25) is 0 Å². The number of benzene rings is 1. The molecule has 21 heavy (non-hydrogen) atoms. The van der Waals surface area contributed by atoms with Gasteiger partial charge in [0, 0.05) is 18.3 Å². The highest BCUT2D eigenvalue weighted by atomic mass is 16.5. The Hall–Kier alpha value is -2.30. The molecular formula is C16H20N2O3. The van der Waals surface area contributed by atoms with Crippen LogP contribution in [0.1, 0.15) is 25.2 Å². The Morgan fingerprint density at radius 3 is 2.48 bits per heavy atom. The average Bonchev–Trinajstić information content (AvgIpc) is 2.67. The topological polar surface area (TPSA) is 64.3 Å². The standard InChI is InChI=1S/C16H20N2O3/c1-10(2)21-13-7-5-12(6-8-13)16-17-14(9-15(19)20)11(3)18(16)4/h5-8,10H,9H2,1-4H3,(H,19,20). The number of hydrogen-bond donors (Lipinski definition) is 1. The molecule has 0 atom stereocenters. The molecule has 5 nitrogen and oxygen atoms in total. The van der Waals surface area contributed by atoms with Crippen LogP contribution in [-0.2, 0) is 18.3 Å². The van der Waals surface area contributed by atoms with E-state index in [1.807, 2.05) is 56.7 Å². The van der Waals surface area contributed by atoms with Gasteiger partial charge >= 0.3 is 5.97 Å². The summed E-state index contributed by atoms with van der Waals surface area (Å²) in [5.74, 6) is 0.703. The summed E-state index contributed by atoms with van der Waals surface area (Å²) < 4.78 is 7.53. The third-order valence-corrected chi connectivity index (χ3v) is 3.28. The van der Waals surface area contributed by atoms with Crippen molar-refractivity contribution < 1.29 is 14.6 Å². The number of carbonyl (C=O) groups is 1. The van der Waals surface area contributed by atoms with Crippen molar-refractivity contribution in [3.05, 3.63) is 35.7 Å². The minimum atomic E-state index is -0.872. The van der Waals surface area contributed by atoms with E-state index < -0.39 is 5.97 Å². The third kappa shape index (κ3) is 3.42. The zero-order valence-electron chi connectivity index (χ0n) is 12.8. The zero-order valence-corrected chi connectivity index (χ0v) is 12.8. The number of imidazole rings is 1. The van der Waals surface area contributed by atoms with Crippen LogP contribution in [0.5, 0.6) is 5.75 Å². The van der Waals surface area contributed by atoms with Crippen molar-refractivity contribution in [1.82, 2.24) is 9.55 Å². The van der Waals surface area contributed by atoms with Crippen LogP contribution in [-0.4, -0.2) is 26.7 Å². The molecule has 2 rings (SSSR count). The fourth-order valence-corrected chi connectivity index (χ4v) is 2.16. The van der Waals surface area contributed by atoms with Crippen molar-refractivity contribution in [2.24, 2.45) is 7.05 Å². The van der Waals surface area contributed by atoms with E-state index in [0.717, 1.165) is 22.8 Å². The molecule has 0 aliphatic rings. The van der Waals surface area contributed by atoms with E-state index in [0.29, 0.717) is 5.69 Å². The van der Waals surface area contributed by atoms with Crippen molar-refractivity contribution in [1.29, 1.82) is 0 Å². The predicted octanol–water partition coefficient (Wildman–Crippen LogP) is 2.81. The molecule has 0 radical (unpaired) electrons. The summed E-state index contributed by atoms with van der Waals surface area (Å²) in [5.41, 5.74) is 2.41. The van der Waals surface area contributed by atoms with Crippen molar-refractivity contribution in [3.8, 4) is 17.1 Å². The molecule has 0 saturated heterocycles. The molecule has 0 spiro atoms. The number of aromatic nitrogens is 2. The highest BCUT2D eigenvalue weighted by Crippen LogP contribution is 2.24. The highest BCUT2D eigenvalue weighted by Gasteiger charge is 2.15. The lowest BCUT2D eigenvalue weighted by atomic mass is 10.2. The molecule has 0 aliphatic heterocycles. The molecule has 1 heterocycles. The molecule has 1 aromatic carbocycles. The number of hydrogen-bond acceptors (Lipinski definition) is 3. The van der Waals surface area contributed by atoms with Crippen molar-refractivity contribution in [2.75, 3.05) is 0 Å². The number of nitrogens with zero attached hydrogens (tertiary/aromatic N) is 2. The van der Waals surface area contributed by atoms with E-state index >= 15 is 0 Å². The lowest BCUT2D eigenvalue weighted by Gasteiger charge is -2.10. The van der Waals surface area contributed by atoms with Crippen LogP contribution in [0.25, 0.3) is 11.4 Å². The van der Waals surface area contributed by atoms with Crippen LogP contribution in [0.15, 0.2) is 24.3 Å². The zero-order chi connectivity index (χ0) is 15.6. The minimum absolute atomic E-state index is 0.0613. The van der Waals surface area contributed by atoms with Gasteiger partial charge in [0.15, 0.2) is 0 Å². The molecule has 0 aliphatic carbocycles. The SMILES string of the molecule is Cc1c(CC(=O)O)nc(-c2ccc(OC(C)C)cc2)n1C. The molecule has 0 unspecified atom stereocenters. The Morgan fingerprint density at radius 2 is 1.95 bits per heavy atom. The molecule has 0 bridgehead atoms. The maximum Gasteiger partial charge on any atom is 0.309 e. The van der Waals surface area contributed by atoms with Gasteiger partial charge in [-0.05, 0) is 45.0 Å². The maximum absolute atomic E-state index is 10.9. The Kier molecular flexibility index (Phi) is 4.31. The smallest absolute Gasteiger partial charge is 0.309 e. The summed E-state index contributed by atoms with van der Waals surface area (Å²) in [7, 11) is 1.89. The van der Waals surface area contributed by atoms with Crippen molar-refractivity contribution in [3.63, 3.8) is 0 Å². The fourth-order valence-electron chi connectivity index (χ4n) is 2.16. The van der Waals surface area contributed by atoms with E-state index in [1.165, 1.54) is 0 Å². The van der Waals surface area contributed by atoms with E-state index in [4.69, 9.17) is 9.84 Å². The molecule has 1 N–H and O–H groups in total. The predicted molar refractivity (Wildman–Crippen MR) is 80.5 cm³/mol. The van der Waals surface area contributed by atoms with Gasteiger partial charge in [0.25, 0.3) is 0 Å². The van der Waals surface area contributed by atoms with Crippen molar-refractivity contribution in [2.45, 2.75) is 33.3 Å². The van der Waals surface area contributed by atoms with Crippen LogP contribution < -0.4 is 4.74 Å².